The highest BCUT2D eigenvalue weighted by molar-refractivity contribution is 7.14. The highest BCUT2D eigenvalue weighted by Crippen LogP contribution is 2.25. The number of rotatable bonds is 6. The number of nitrogens with zero attached hydrogens (tertiary/aromatic N) is 2. The Hall–Kier alpha value is -3.04. The molecule has 3 aromatic rings. The lowest BCUT2D eigenvalue weighted by molar-refractivity contribution is -0.158. The van der Waals surface area contributed by atoms with Crippen molar-refractivity contribution in [2.75, 3.05) is 18.4 Å². The molecular weight excluding hydrogens is 446 g/mol. The third-order valence-electron chi connectivity index (χ3n) is 5.31. The van der Waals surface area contributed by atoms with E-state index in [0.717, 1.165) is 11.3 Å². The summed E-state index contributed by atoms with van der Waals surface area (Å²) in [6.07, 6.45) is 0.117. The van der Waals surface area contributed by atoms with Crippen LogP contribution in [0.2, 0.25) is 0 Å². The van der Waals surface area contributed by atoms with Gasteiger partial charge in [-0.2, -0.15) is 0 Å². The van der Waals surface area contributed by atoms with Gasteiger partial charge in [0.15, 0.2) is 11.2 Å². The van der Waals surface area contributed by atoms with Crippen LogP contribution in [-0.4, -0.2) is 46.9 Å². The second kappa shape index (κ2) is 10.1. The first-order chi connectivity index (χ1) is 15.5. The van der Waals surface area contributed by atoms with E-state index in [2.05, 4.69) is 10.3 Å². The Morgan fingerprint density at radius 1 is 1.09 bits per heavy atom. The van der Waals surface area contributed by atoms with E-state index in [1.54, 1.807) is 17.9 Å². The number of amides is 2. The normalized spacial score (nSPS) is 15.2. The molecule has 1 aromatic carbocycles. The fraction of sp³-hybridized carbons (Fsp3) is 0.304. The van der Waals surface area contributed by atoms with E-state index in [-0.39, 0.29) is 11.8 Å². The average Bonchev–Trinajstić information content (AvgIpc) is 3.52. The number of ether oxygens (including phenoxy) is 1. The maximum atomic E-state index is 12.5. The monoisotopic (exact) mass is 469 g/mol. The van der Waals surface area contributed by atoms with Gasteiger partial charge in [-0.15, -0.1) is 22.7 Å². The van der Waals surface area contributed by atoms with Crippen LogP contribution in [-0.2, 0) is 14.3 Å². The van der Waals surface area contributed by atoms with E-state index in [0.29, 0.717) is 35.9 Å². The quantitative estimate of drug-likeness (QED) is 0.544. The first-order valence-electron chi connectivity index (χ1n) is 10.4. The van der Waals surface area contributed by atoms with Gasteiger partial charge in [-0.1, -0.05) is 36.4 Å². The number of esters is 1. The summed E-state index contributed by atoms with van der Waals surface area (Å²) in [6, 6.07) is 13.3. The molecule has 1 fully saturated rings. The summed E-state index contributed by atoms with van der Waals surface area (Å²) < 4.78 is 5.41. The Morgan fingerprint density at radius 2 is 1.84 bits per heavy atom. The summed E-state index contributed by atoms with van der Waals surface area (Å²) in [5.74, 6) is -1.14. The third-order valence-corrected chi connectivity index (χ3v) is 6.93. The smallest absolute Gasteiger partial charge is 0.309 e. The van der Waals surface area contributed by atoms with E-state index in [4.69, 9.17) is 4.74 Å². The van der Waals surface area contributed by atoms with Gasteiger partial charge in [0.2, 0.25) is 0 Å². The molecule has 7 nitrogen and oxygen atoms in total. The van der Waals surface area contributed by atoms with Crippen LogP contribution in [0.4, 0.5) is 5.13 Å². The second-order valence-electron chi connectivity index (χ2n) is 7.52. The van der Waals surface area contributed by atoms with Crippen LogP contribution < -0.4 is 5.32 Å². The zero-order chi connectivity index (χ0) is 22.5. The van der Waals surface area contributed by atoms with Crippen molar-refractivity contribution in [3.05, 3.63) is 58.1 Å². The number of thiophene rings is 1. The molecule has 3 heterocycles. The summed E-state index contributed by atoms with van der Waals surface area (Å²) >= 11 is 2.73. The fourth-order valence-electron chi connectivity index (χ4n) is 3.48. The van der Waals surface area contributed by atoms with Gasteiger partial charge in [0, 0.05) is 24.0 Å². The van der Waals surface area contributed by atoms with Gasteiger partial charge in [-0.05, 0) is 31.2 Å². The lowest BCUT2D eigenvalue weighted by Gasteiger charge is -2.31. The summed E-state index contributed by atoms with van der Waals surface area (Å²) in [5, 5.41) is 6.91. The Balaban J connectivity index is 1.25. The van der Waals surface area contributed by atoms with Crippen LogP contribution in [0.25, 0.3) is 11.3 Å². The first kappa shape index (κ1) is 22.2. The lowest BCUT2D eigenvalue weighted by atomic mass is 9.97. The predicted molar refractivity (Wildman–Crippen MR) is 125 cm³/mol. The summed E-state index contributed by atoms with van der Waals surface area (Å²) in [7, 11) is 0. The number of carbonyl (C=O) groups excluding carboxylic acids is 3. The molecule has 0 aliphatic carbocycles. The maximum absolute atomic E-state index is 12.5. The number of hydrogen-bond donors (Lipinski definition) is 1. The predicted octanol–water partition coefficient (Wildman–Crippen LogP) is 4.29. The summed E-state index contributed by atoms with van der Waals surface area (Å²) in [4.78, 5) is 44.3. The number of likely N-dealkylation sites (tertiary alicyclic amines) is 1. The minimum absolute atomic E-state index is 0.00196. The lowest BCUT2D eigenvalue weighted by Crippen LogP contribution is -2.41. The molecule has 1 N–H and O–H groups in total. The first-order valence-corrected chi connectivity index (χ1v) is 12.1. The average molecular weight is 470 g/mol. The minimum atomic E-state index is -0.933. The molecule has 4 rings (SSSR count). The molecular formula is C23H23N3O4S2. The number of anilines is 1. The Bertz CT molecular complexity index is 1070. The zero-order valence-corrected chi connectivity index (χ0v) is 19.2. The van der Waals surface area contributed by atoms with E-state index in [1.165, 1.54) is 22.7 Å². The number of carbonyl (C=O) groups is 3. The van der Waals surface area contributed by atoms with Crippen molar-refractivity contribution >= 4 is 45.6 Å². The highest BCUT2D eigenvalue weighted by Gasteiger charge is 2.31. The number of aromatic nitrogens is 1. The molecule has 1 unspecified atom stereocenters. The van der Waals surface area contributed by atoms with E-state index in [9.17, 15) is 14.4 Å². The topological polar surface area (TPSA) is 88.6 Å². The third kappa shape index (κ3) is 5.23. The van der Waals surface area contributed by atoms with Gasteiger partial charge < -0.3 is 9.64 Å². The van der Waals surface area contributed by atoms with Crippen molar-refractivity contribution < 1.29 is 19.1 Å². The Labute approximate surface area is 194 Å². The zero-order valence-electron chi connectivity index (χ0n) is 17.5. The largest absolute Gasteiger partial charge is 0.452 e. The van der Waals surface area contributed by atoms with Crippen molar-refractivity contribution in [3.63, 3.8) is 0 Å². The molecule has 32 heavy (non-hydrogen) atoms. The highest BCUT2D eigenvalue weighted by atomic mass is 32.1. The molecule has 166 valence electrons. The van der Waals surface area contributed by atoms with Crippen LogP contribution in [0.5, 0.6) is 0 Å². The van der Waals surface area contributed by atoms with Crippen LogP contribution in [0.1, 0.15) is 29.4 Å². The molecule has 2 amide bonds. The molecule has 1 atom stereocenters. The molecule has 1 aliphatic rings. The minimum Gasteiger partial charge on any atom is -0.452 e. The SMILES string of the molecule is CC(OC(=O)C1CCN(C(=O)c2cccs2)CC1)C(=O)Nc1nc(-c2ccccc2)cs1. The summed E-state index contributed by atoms with van der Waals surface area (Å²) in [6.45, 7) is 2.55. The molecule has 1 aliphatic heterocycles. The number of thiazole rings is 1. The van der Waals surface area contributed by atoms with Gasteiger partial charge in [0.25, 0.3) is 11.8 Å². The second-order valence-corrected chi connectivity index (χ2v) is 9.32. The number of piperidine rings is 1. The van der Waals surface area contributed by atoms with E-state index < -0.39 is 18.0 Å². The number of nitrogens with one attached hydrogen (secondary N) is 1. The maximum Gasteiger partial charge on any atom is 0.309 e. The van der Waals surface area contributed by atoms with Gasteiger partial charge in [0.1, 0.15) is 0 Å². The van der Waals surface area contributed by atoms with Gasteiger partial charge in [0.05, 0.1) is 16.5 Å². The molecule has 2 aromatic heterocycles. The number of hydrogen-bond acceptors (Lipinski definition) is 7. The molecule has 0 saturated carbocycles. The van der Waals surface area contributed by atoms with Crippen molar-refractivity contribution in [1.82, 2.24) is 9.88 Å². The molecule has 0 spiro atoms. The van der Waals surface area contributed by atoms with Gasteiger partial charge in [-0.3, -0.25) is 19.7 Å². The van der Waals surface area contributed by atoms with Gasteiger partial charge in [-0.25, -0.2) is 4.98 Å². The van der Waals surface area contributed by atoms with Crippen LogP contribution >= 0.6 is 22.7 Å². The van der Waals surface area contributed by atoms with Gasteiger partial charge >= 0.3 is 5.97 Å². The van der Waals surface area contributed by atoms with E-state index in [1.807, 2.05) is 47.2 Å². The van der Waals surface area contributed by atoms with Crippen molar-refractivity contribution in [1.29, 1.82) is 0 Å². The molecule has 1 saturated heterocycles. The van der Waals surface area contributed by atoms with Crippen molar-refractivity contribution in [2.45, 2.75) is 25.9 Å². The Morgan fingerprint density at radius 3 is 2.53 bits per heavy atom. The molecule has 0 radical (unpaired) electrons. The standard InChI is InChI=1S/C23H23N3O4S2/c1-15(20(27)25-23-24-18(14-32-23)16-6-3-2-4-7-16)30-22(29)17-9-11-26(12-10-17)21(28)19-8-5-13-31-19/h2-8,13-15,17H,9-12H2,1H3,(H,24,25,27). The van der Waals surface area contributed by atoms with E-state index >= 15 is 0 Å². The fourth-order valence-corrected chi connectivity index (χ4v) is 4.89. The molecule has 9 heteroatoms. The molecule has 0 bridgehead atoms. The number of benzene rings is 1. The Kier molecular flexibility index (Phi) is 6.96. The van der Waals surface area contributed by atoms with Crippen molar-refractivity contribution in [3.8, 4) is 11.3 Å². The van der Waals surface area contributed by atoms with Crippen LogP contribution in [0.3, 0.4) is 0 Å². The van der Waals surface area contributed by atoms with Crippen molar-refractivity contribution in [2.24, 2.45) is 5.92 Å². The summed E-state index contributed by atoms with van der Waals surface area (Å²) in [5.41, 5.74) is 1.74. The van der Waals surface area contributed by atoms with Crippen LogP contribution in [0, 0.1) is 5.92 Å². The van der Waals surface area contributed by atoms with Crippen LogP contribution in [0.15, 0.2) is 53.2 Å².